The zero-order valence-corrected chi connectivity index (χ0v) is 12.2. The second-order valence-electron chi connectivity index (χ2n) is 3.61. The summed E-state index contributed by atoms with van der Waals surface area (Å²) in [6.07, 6.45) is 5.43. The molecule has 17 heavy (non-hydrogen) atoms. The standard InChI is InChI=1S/C11H9Br2N3O/c1-16-6-7(4-15-16)2-10(17)11-9(13)3-8(12)5-14-11/h3-6H,2H2,1H3. The van der Waals surface area contributed by atoms with Crippen LogP contribution >= 0.6 is 31.9 Å². The number of hydrogen-bond acceptors (Lipinski definition) is 3. The third-order valence-corrected chi connectivity index (χ3v) is 3.23. The minimum absolute atomic E-state index is 0.0302. The zero-order chi connectivity index (χ0) is 12.4. The Balaban J connectivity index is 2.20. The predicted molar refractivity (Wildman–Crippen MR) is 70.9 cm³/mol. The SMILES string of the molecule is Cn1cc(CC(=O)c2ncc(Br)cc2Br)cn1. The van der Waals surface area contributed by atoms with E-state index in [1.807, 2.05) is 19.3 Å². The molecule has 2 heterocycles. The van der Waals surface area contributed by atoms with Crippen LogP contribution in [0.25, 0.3) is 0 Å². The molecule has 0 atom stereocenters. The third kappa shape index (κ3) is 3.01. The lowest BCUT2D eigenvalue weighted by atomic mass is 10.1. The minimum Gasteiger partial charge on any atom is -0.292 e. The van der Waals surface area contributed by atoms with Crippen LogP contribution in [-0.2, 0) is 13.5 Å². The normalized spacial score (nSPS) is 10.5. The van der Waals surface area contributed by atoms with Crippen molar-refractivity contribution < 1.29 is 4.79 Å². The summed E-state index contributed by atoms with van der Waals surface area (Å²) in [5.74, 6) is -0.0302. The highest BCUT2D eigenvalue weighted by molar-refractivity contribution is 9.11. The number of aryl methyl sites for hydroxylation is 1. The summed E-state index contributed by atoms with van der Waals surface area (Å²) in [4.78, 5) is 16.1. The molecule has 0 fully saturated rings. The number of Topliss-reactive ketones (excluding diaryl/α,β-unsaturated/α-hetero) is 1. The quantitative estimate of drug-likeness (QED) is 0.792. The van der Waals surface area contributed by atoms with E-state index < -0.39 is 0 Å². The summed E-state index contributed by atoms with van der Waals surface area (Å²) >= 11 is 6.63. The van der Waals surface area contributed by atoms with Gasteiger partial charge in [-0.25, -0.2) is 0 Å². The van der Waals surface area contributed by atoms with Crippen molar-refractivity contribution in [2.75, 3.05) is 0 Å². The summed E-state index contributed by atoms with van der Waals surface area (Å²) < 4.78 is 3.20. The molecule has 0 aromatic carbocycles. The number of rotatable bonds is 3. The second kappa shape index (κ2) is 5.10. The maximum atomic E-state index is 12.0. The number of carbonyl (C=O) groups excluding carboxylic acids is 1. The topological polar surface area (TPSA) is 47.8 Å². The number of aromatic nitrogens is 3. The number of ketones is 1. The Morgan fingerprint density at radius 2 is 2.18 bits per heavy atom. The van der Waals surface area contributed by atoms with Crippen molar-refractivity contribution in [3.8, 4) is 0 Å². The fraction of sp³-hybridized carbons (Fsp3) is 0.182. The highest BCUT2D eigenvalue weighted by atomic mass is 79.9. The number of hydrogen-bond donors (Lipinski definition) is 0. The van der Waals surface area contributed by atoms with Crippen LogP contribution in [-0.4, -0.2) is 20.5 Å². The van der Waals surface area contributed by atoms with Crippen molar-refractivity contribution in [1.82, 2.24) is 14.8 Å². The lowest BCUT2D eigenvalue weighted by molar-refractivity contribution is 0.0987. The van der Waals surface area contributed by atoms with Gasteiger partial charge in [0, 0.05) is 34.8 Å². The molecule has 0 unspecified atom stereocenters. The van der Waals surface area contributed by atoms with Gasteiger partial charge in [0.15, 0.2) is 5.78 Å². The fourth-order valence-electron chi connectivity index (χ4n) is 1.45. The Morgan fingerprint density at radius 3 is 2.76 bits per heavy atom. The Labute approximate surface area is 115 Å². The van der Waals surface area contributed by atoms with Gasteiger partial charge >= 0.3 is 0 Å². The van der Waals surface area contributed by atoms with Crippen LogP contribution in [0.1, 0.15) is 16.1 Å². The Morgan fingerprint density at radius 1 is 1.41 bits per heavy atom. The lowest BCUT2D eigenvalue weighted by Crippen LogP contribution is -2.06. The maximum absolute atomic E-state index is 12.0. The monoisotopic (exact) mass is 357 g/mol. The summed E-state index contributed by atoms with van der Waals surface area (Å²) in [5, 5.41) is 4.02. The van der Waals surface area contributed by atoms with Crippen molar-refractivity contribution in [1.29, 1.82) is 0 Å². The molecule has 0 N–H and O–H groups in total. The first-order valence-electron chi connectivity index (χ1n) is 4.88. The van der Waals surface area contributed by atoms with E-state index >= 15 is 0 Å². The first-order valence-corrected chi connectivity index (χ1v) is 6.46. The van der Waals surface area contributed by atoms with E-state index in [4.69, 9.17) is 0 Å². The summed E-state index contributed by atoms with van der Waals surface area (Å²) in [6.45, 7) is 0. The summed E-state index contributed by atoms with van der Waals surface area (Å²) in [6, 6.07) is 1.81. The van der Waals surface area contributed by atoms with Crippen LogP contribution in [0.4, 0.5) is 0 Å². The van der Waals surface area contributed by atoms with Crippen molar-refractivity contribution in [3.05, 3.63) is 44.9 Å². The third-order valence-electron chi connectivity index (χ3n) is 2.19. The smallest absolute Gasteiger partial charge is 0.186 e. The van der Waals surface area contributed by atoms with Gasteiger partial charge in [-0.15, -0.1) is 0 Å². The Kier molecular flexibility index (Phi) is 3.73. The summed E-state index contributed by atoms with van der Waals surface area (Å²) in [7, 11) is 1.82. The van der Waals surface area contributed by atoms with Gasteiger partial charge in [0.25, 0.3) is 0 Å². The Bertz CT molecular complexity index is 566. The van der Waals surface area contributed by atoms with E-state index in [-0.39, 0.29) is 5.78 Å². The molecule has 0 saturated carbocycles. The maximum Gasteiger partial charge on any atom is 0.186 e. The number of pyridine rings is 1. The van der Waals surface area contributed by atoms with Crippen LogP contribution in [0, 0.1) is 0 Å². The molecule has 6 heteroatoms. The van der Waals surface area contributed by atoms with Crippen molar-refractivity contribution >= 4 is 37.6 Å². The van der Waals surface area contributed by atoms with Crippen LogP contribution < -0.4 is 0 Å². The molecule has 2 rings (SSSR count). The van der Waals surface area contributed by atoms with E-state index in [1.54, 1.807) is 17.1 Å². The van der Waals surface area contributed by atoms with Crippen molar-refractivity contribution in [2.45, 2.75) is 6.42 Å². The van der Waals surface area contributed by atoms with E-state index in [2.05, 4.69) is 41.9 Å². The molecular weight excluding hydrogens is 350 g/mol. The first kappa shape index (κ1) is 12.4. The highest BCUT2D eigenvalue weighted by Gasteiger charge is 2.13. The summed E-state index contributed by atoms with van der Waals surface area (Å²) in [5.41, 5.74) is 1.33. The molecule has 0 radical (unpaired) electrons. The van der Waals surface area contributed by atoms with Gasteiger partial charge in [0.1, 0.15) is 5.69 Å². The number of carbonyl (C=O) groups is 1. The van der Waals surface area contributed by atoms with Gasteiger partial charge in [-0.3, -0.25) is 14.5 Å². The molecule has 88 valence electrons. The van der Waals surface area contributed by atoms with E-state index in [0.29, 0.717) is 16.6 Å². The molecule has 2 aromatic rings. The Hall–Kier alpha value is -1.01. The second-order valence-corrected chi connectivity index (χ2v) is 5.38. The van der Waals surface area contributed by atoms with Crippen molar-refractivity contribution in [2.24, 2.45) is 7.05 Å². The molecule has 0 bridgehead atoms. The molecule has 4 nitrogen and oxygen atoms in total. The molecule has 0 spiro atoms. The first-order chi connectivity index (χ1) is 8.06. The van der Waals surface area contributed by atoms with E-state index in [0.717, 1.165) is 10.0 Å². The molecule has 0 aliphatic carbocycles. The zero-order valence-electron chi connectivity index (χ0n) is 9.02. The number of nitrogens with zero attached hydrogens (tertiary/aromatic N) is 3. The predicted octanol–water partition coefficient (Wildman–Crippen LogP) is 2.77. The van der Waals surface area contributed by atoms with Gasteiger partial charge in [-0.2, -0.15) is 5.10 Å². The van der Waals surface area contributed by atoms with Gasteiger partial charge in [-0.1, -0.05) is 0 Å². The molecule has 0 aliphatic heterocycles. The molecule has 2 aromatic heterocycles. The average molecular weight is 359 g/mol. The minimum atomic E-state index is -0.0302. The number of halogens is 2. The largest absolute Gasteiger partial charge is 0.292 e. The van der Waals surface area contributed by atoms with Crippen molar-refractivity contribution in [3.63, 3.8) is 0 Å². The van der Waals surface area contributed by atoms with Gasteiger partial charge in [-0.05, 0) is 43.5 Å². The molecular formula is C11H9Br2N3O. The molecule has 0 saturated heterocycles. The van der Waals surface area contributed by atoms with Crippen LogP contribution in [0.5, 0.6) is 0 Å². The van der Waals surface area contributed by atoms with Gasteiger partial charge < -0.3 is 0 Å². The average Bonchev–Trinajstić information content (AvgIpc) is 2.63. The van der Waals surface area contributed by atoms with Gasteiger partial charge in [0.2, 0.25) is 0 Å². The fourth-order valence-corrected chi connectivity index (χ4v) is 2.66. The van der Waals surface area contributed by atoms with E-state index in [1.165, 1.54) is 0 Å². The van der Waals surface area contributed by atoms with Crippen LogP contribution in [0.2, 0.25) is 0 Å². The molecule has 0 amide bonds. The molecule has 0 aliphatic rings. The van der Waals surface area contributed by atoms with Crippen LogP contribution in [0.3, 0.4) is 0 Å². The van der Waals surface area contributed by atoms with Gasteiger partial charge in [0.05, 0.1) is 6.20 Å². The lowest BCUT2D eigenvalue weighted by Gasteiger charge is -2.01. The highest BCUT2D eigenvalue weighted by Crippen LogP contribution is 2.20. The van der Waals surface area contributed by atoms with E-state index in [9.17, 15) is 4.79 Å². The van der Waals surface area contributed by atoms with Crippen LogP contribution in [0.15, 0.2) is 33.6 Å².